The summed E-state index contributed by atoms with van der Waals surface area (Å²) in [5.41, 5.74) is 0. The second kappa shape index (κ2) is 6.17. The Labute approximate surface area is 110 Å². The van der Waals surface area contributed by atoms with Crippen LogP contribution in [-0.4, -0.2) is 66.4 Å². The molecule has 0 aromatic rings. The van der Waals surface area contributed by atoms with Gasteiger partial charge in [0.05, 0.1) is 13.7 Å². The standard InChI is InChI=1S/C11H17N3O5/c1-7(2)13(6-10(17)19-3)9(16)5-14-8(15)4-12-11(14)18/h7H,4-6H2,1-3H3,(H,12,18). The number of ether oxygens (including phenoxy) is 1. The Morgan fingerprint density at radius 2 is 2.05 bits per heavy atom. The average molecular weight is 271 g/mol. The van der Waals surface area contributed by atoms with Gasteiger partial charge in [0.25, 0.3) is 5.91 Å². The number of amides is 4. The van der Waals surface area contributed by atoms with E-state index in [4.69, 9.17) is 0 Å². The van der Waals surface area contributed by atoms with Gasteiger partial charge in [-0.15, -0.1) is 0 Å². The van der Waals surface area contributed by atoms with Gasteiger partial charge in [-0.3, -0.25) is 19.3 Å². The van der Waals surface area contributed by atoms with Crippen LogP contribution < -0.4 is 5.32 Å². The largest absolute Gasteiger partial charge is 0.468 e. The summed E-state index contributed by atoms with van der Waals surface area (Å²) in [6.07, 6.45) is 0. The molecule has 19 heavy (non-hydrogen) atoms. The minimum absolute atomic E-state index is 0.106. The zero-order valence-corrected chi connectivity index (χ0v) is 11.1. The van der Waals surface area contributed by atoms with E-state index in [0.717, 1.165) is 4.90 Å². The third kappa shape index (κ3) is 3.67. The number of hydrogen-bond donors (Lipinski definition) is 1. The van der Waals surface area contributed by atoms with Crippen molar-refractivity contribution in [3.05, 3.63) is 0 Å². The maximum Gasteiger partial charge on any atom is 0.325 e. The van der Waals surface area contributed by atoms with E-state index < -0.39 is 23.8 Å². The molecule has 0 aromatic carbocycles. The number of hydrogen-bond acceptors (Lipinski definition) is 5. The van der Waals surface area contributed by atoms with Gasteiger partial charge in [-0.25, -0.2) is 4.79 Å². The van der Waals surface area contributed by atoms with E-state index >= 15 is 0 Å². The molecule has 0 bridgehead atoms. The van der Waals surface area contributed by atoms with Crippen LogP contribution in [0.2, 0.25) is 0 Å². The molecule has 0 unspecified atom stereocenters. The number of carbonyl (C=O) groups excluding carboxylic acids is 4. The molecule has 4 amide bonds. The fourth-order valence-electron chi connectivity index (χ4n) is 1.60. The monoisotopic (exact) mass is 271 g/mol. The first kappa shape index (κ1) is 14.9. The predicted octanol–water partition coefficient (Wildman–Crippen LogP) is -1.05. The average Bonchev–Trinajstić information content (AvgIpc) is 2.66. The zero-order valence-electron chi connectivity index (χ0n) is 11.1. The zero-order chi connectivity index (χ0) is 14.6. The lowest BCUT2D eigenvalue weighted by atomic mass is 10.3. The summed E-state index contributed by atoms with van der Waals surface area (Å²) < 4.78 is 4.50. The first-order valence-corrected chi connectivity index (χ1v) is 5.81. The van der Waals surface area contributed by atoms with Gasteiger partial charge in [-0.05, 0) is 13.8 Å². The fourth-order valence-corrected chi connectivity index (χ4v) is 1.60. The number of urea groups is 1. The van der Waals surface area contributed by atoms with Crippen LogP contribution in [0.25, 0.3) is 0 Å². The lowest BCUT2D eigenvalue weighted by Crippen LogP contribution is -2.47. The molecule has 1 aliphatic rings. The van der Waals surface area contributed by atoms with E-state index in [0.29, 0.717) is 0 Å². The van der Waals surface area contributed by atoms with Crippen LogP contribution in [0.4, 0.5) is 4.79 Å². The van der Waals surface area contributed by atoms with Crippen molar-refractivity contribution in [2.75, 3.05) is 26.7 Å². The maximum absolute atomic E-state index is 12.0. The second-order valence-corrected chi connectivity index (χ2v) is 4.33. The van der Waals surface area contributed by atoms with Crippen LogP contribution in [0.3, 0.4) is 0 Å². The van der Waals surface area contributed by atoms with Crippen LogP contribution in [0, 0.1) is 0 Å². The highest BCUT2D eigenvalue weighted by atomic mass is 16.5. The van der Waals surface area contributed by atoms with Crippen molar-refractivity contribution in [3.8, 4) is 0 Å². The van der Waals surface area contributed by atoms with Gasteiger partial charge in [-0.2, -0.15) is 0 Å². The van der Waals surface area contributed by atoms with E-state index in [1.165, 1.54) is 12.0 Å². The third-order valence-corrected chi connectivity index (χ3v) is 2.70. The number of esters is 1. The van der Waals surface area contributed by atoms with Crippen molar-refractivity contribution in [1.29, 1.82) is 0 Å². The number of nitrogens with one attached hydrogen (secondary N) is 1. The molecule has 1 saturated heterocycles. The van der Waals surface area contributed by atoms with E-state index in [-0.39, 0.29) is 25.7 Å². The van der Waals surface area contributed by atoms with Gasteiger partial charge in [0.15, 0.2) is 0 Å². The van der Waals surface area contributed by atoms with Crippen LogP contribution in [0.1, 0.15) is 13.8 Å². The normalized spacial score (nSPS) is 14.6. The summed E-state index contributed by atoms with van der Waals surface area (Å²) in [6.45, 7) is 2.76. The van der Waals surface area contributed by atoms with E-state index in [1.54, 1.807) is 13.8 Å². The van der Waals surface area contributed by atoms with E-state index in [1.807, 2.05) is 0 Å². The summed E-state index contributed by atoms with van der Waals surface area (Å²) in [5.74, 6) is -1.50. The number of carbonyl (C=O) groups is 4. The Kier molecular flexibility index (Phi) is 4.85. The quantitative estimate of drug-likeness (QED) is 0.508. The van der Waals surface area contributed by atoms with Crippen molar-refractivity contribution in [1.82, 2.24) is 15.1 Å². The Morgan fingerprint density at radius 3 is 2.47 bits per heavy atom. The number of nitrogens with zero attached hydrogens (tertiary/aromatic N) is 2. The molecule has 8 heteroatoms. The molecule has 1 aliphatic heterocycles. The summed E-state index contributed by atoms with van der Waals surface area (Å²) >= 11 is 0. The Hall–Kier alpha value is -2.12. The minimum atomic E-state index is -0.597. The third-order valence-electron chi connectivity index (χ3n) is 2.70. The first-order chi connectivity index (χ1) is 8.86. The molecule has 1 heterocycles. The summed E-state index contributed by atoms with van der Waals surface area (Å²) in [6, 6.07) is -0.840. The second-order valence-electron chi connectivity index (χ2n) is 4.33. The molecule has 8 nitrogen and oxygen atoms in total. The van der Waals surface area contributed by atoms with Gasteiger partial charge >= 0.3 is 12.0 Å². The summed E-state index contributed by atoms with van der Waals surface area (Å²) in [7, 11) is 1.22. The minimum Gasteiger partial charge on any atom is -0.468 e. The fraction of sp³-hybridized carbons (Fsp3) is 0.636. The highest BCUT2D eigenvalue weighted by Crippen LogP contribution is 2.04. The number of imide groups is 1. The van der Waals surface area contributed by atoms with Gasteiger partial charge in [0.1, 0.15) is 13.1 Å². The lowest BCUT2D eigenvalue weighted by molar-refractivity contribution is -0.148. The highest BCUT2D eigenvalue weighted by Gasteiger charge is 2.32. The van der Waals surface area contributed by atoms with Crippen LogP contribution in [-0.2, 0) is 19.1 Å². The molecule has 0 aromatic heterocycles. The number of methoxy groups -OCH3 is 1. The molecule has 0 spiro atoms. The lowest BCUT2D eigenvalue weighted by Gasteiger charge is -2.26. The topological polar surface area (TPSA) is 96.0 Å². The van der Waals surface area contributed by atoms with Crippen LogP contribution in [0.15, 0.2) is 0 Å². The van der Waals surface area contributed by atoms with E-state index in [2.05, 4.69) is 10.1 Å². The van der Waals surface area contributed by atoms with Gasteiger partial charge in [-0.1, -0.05) is 0 Å². The summed E-state index contributed by atoms with van der Waals surface area (Å²) in [4.78, 5) is 48.0. The Morgan fingerprint density at radius 1 is 1.42 bits per heavy atom. The number of rotatable bonds is 5. The van der Waals surface area contributed by atoms with E-state index in [9.17, 15) is 19.2 Å². The van der Waals surface area contributed by atoms with Crippen LogP contribution in [0.5, 0.6) is 0 Å². The Bertz CT molecular complexity index is 391. The van der Waals surface area contributed by atoms with Crippen molar-refractivity contribution in [2.24, 2.45) is 0 Å². The predicted molar refractivity (Wildman–Crippen MR) is 64.0 cm³/mol. The van der Waals surface area contributed by atoms with Crippen molar-refractivity contribution < 1.29 is 23.9 Å². The molecule has 0 saturated carbocycles. The molecular formula is C11H17N3O5. The molecule has 1 N–H and O–H groups in total. The molecule has 1 fully saturated rings. The summed E-state index contributed by atoms with van der Waals surface area (Å²) in [5, 5.41) is 2.32. The maximum atomic E-state index is 12.0. The Balaban J connectivity index is 2.69. The molecule has 0 atom stereocenters. The van der Waals surface area contributed by atoms with Gasteiger partial charge in [0.2, 0.25) is 5.91 Å². The van der Waals surface area contributed by atoms with Crippen molar-refractivity contribution >= 4 is 23.8 Å². The van der Waals surface area contributed by atoms with Gasteiger partial charge < -0.3 is 15.0 Å². The molecular weight excluding hydrogens is 254 g/mol. The van der Waals surface area contributed by atoms with Gasteiger partial charge in [0, 0.05) is 6.04 Å². The molecule has 0 radical (unpaired) electrons. The first-order valence-electron chi connectivity index (χ1n) is 5.81. The van der Waals surface area contributed by atoms with Crippen molar-refractivity contribution in [2.45, 2.75) is 19.9 Å². The molecule has 106 valence electrons. The molecule has 0 aliphatic carbocycles. The highest BCUT2D eigenvalue weighted by molar-refractivity contribution is 6.04. The SMILES string of the molecule is COC(=O)CN(C(=O)CN1C(=O)CNC1=O)C(C)C. The molecule has 1 rings (SSSR count). The smallest absolute Gasteiger partial charge is 0.325 e. The van der Waals surface area contributed by atoms with Crippen LogP contribution >= 0.6 is 0 Å². The van der Waals surface area contributed by atoms with Crippen molar-refractivity contribution in [3.63, 3.8) is 0 Å².